The molecule has 1 rings (SSSR count). The third-order valence-electron chi connectivity index (χ3n) is 1.93. The van der Waals surface area contributed by atoms with Gasteiger partial charge in [-0.2, -0.15) is 0 Å². The quantitative estimate of drug-likeness (QED) is 0.574. The van der Waals surface area contributed by atoms with Crippen LogP contribution in [0.4, 0.5) is 0 Å². The number of carbonyl (C=O) groups is 1. The van der Waals surface area contributed by atoms with Crippen molar-refractivity contribution in [1.29, 1.82) is 0 Å². The maximum atomic E-state index is 10.9. The fourth-order valence-corrected chi connectivity index (χ4v) is 2.50. The molecule has 0 bridgehead atoms. The predicted molar refractivity (Wildman–Crippen MR) is 56.1 cm³/mol. The number of allylic oxidation sites excluding steroid dienone is 1. The van der Waals surface area contributed by atoms with Gasteiger partial charge in [-0.3, -0.25) is 4.79 Å². The second kappa shape index (κ2) is 4.25. The van der Waals surface area contributed by atoms with Gasteiger partial charge in [0, 0.05) is 9.50 Å². The minimum Gasteiger partial charge on any atom is -0.457 e. The summed E-state index contributed by atoms with van der Waals surface area (Å²) in [6.07, 6.45) is 3.70. The summed E-state index contributed by atoms with van der Waals surface area (Å²) in [6, 6.07) is 0. The predicted octanol–water partition coefficient (Wildman–Crippen LogP) is 2.67. The van der Waals surface area contributed by atoms with Crippen molar-refractivity contribution < 1.29 is 9.53 Å². The van der Waals surface area contributed by atoms with Crippen LogP contribution < -0.4 is 0 Å². The van der Waals surface area contributed by atoms with E-state index in [2.05, 4.69) is 42.5 Å². The molecule has 0 spiro atoms. The molecule has 0 aromatic carbocycles. The zero-order valence-electron chi connectivity index (χ0n) is 7.34. The van der Waals surface area contributed by atoms with Gasteiger partial charge in [-0.05, 0) is 29.0 Å². The van der Waals surface area contributed by atoms with Crippen LogP contribution in [-0.4, -0.2) is 12.1 Å². The average molecular weight is 280 g/mol. The van der Waals surface area contributed by atoms with E-state index in [4.69, 9.17) is 4.74 Å². The molecule has 2 atom stereocenters. The summed E-state index contributed by atoms with van der Waals surface area (Å²) in [5, 5.41) is 0. The summed E-state index contributed by atoms with van der Waals surface area (Å²) in [5.41, 5.74) is 0. The minimum absolute atomic E-state index is 0.0260. The van der Waals surface area contributed by atoms with Crippen LogP contribution in [0.25, 0.3) is 0 Å². The van der Waals surface area contributed by atoms with Gasteiger partial charge in [-0.25, -0.2) is 0 Å². The molecule has 1 aliphatic rings. The van der Waals surface area contributed by atoms with Gasteiger partial charge in [-0.1, -0.05) is 19.9 Å². The first kappa shape index (κ1) is 10.0. The maximum absolute atomic E-state index is 10.9. The molecule has 0 N–H and O–H groups in total. The fourth-order valence-electron chi connectivity index (χ4n) is 1.32. The van der Waals surface area contributed by atoms with E-state index in [1.807, 2.05) is 0 Å². The maximum Gasteiger partial charge on any atom is 0.306 e. The number of hydrogen-bond donors (Lipinski definition) is 0. The summed E-state index contributed by atoms with van der Waals surface area (Å²) >= 11 is 2.25. The van der Waals surface area contributed by atoms with Crippen molar-refractivity contribution >= 4 is 28.6 Å². The molecule has 0 radical (unpaired) electrons. The van der Waals surface area contributed by atoms with Crippen LogP contribution in [0, 0.1) is 5.92 Å². The van der Waals surface area contributed by atoms with Gasteiger partial charge in [-0.15, -0.1) is 0 Å². The lowest BCUT2D eigenvalue weighted by atomic mass is 10.0. The van der Waals surface area contributed by atoms with Crippen molar-refractivity contribution in [3.63, 3.8) is 0 Å². The lowest BCUT2D eigenvalue weighted by Gasteiger charge is -2.12. The molecule has 0 aromatic rings. The van der Waals surface area contributed by atoms with E-state index in [1.165, 1.54) is 0 Å². The molecular weight excluding hydrogens is 267 g/mol. The van der Waals surface area contributed by atoms with E-state index in [0.29, 0.717) is 12.3 Å². The van der Waals surface area contributed by atoms with Gasteiger partial charge in [0.2, 0.25) is 0 Å². The molecule has 1 fully saturated rings. The molecule has 12 heavy (non-hydrogen) atoms. The van der Waals surface area contributed by atoms with Crippen molar-refractivity contribution in [2.45, 2.75) is 32.8 Å². The first-order valence-corrected chi connectivity index (χ1v) is 5.28. The number of esters is 1. The summed E-state index contributed by atoms with van der Waals surface area (Å²) in [7, 11) is 0. The molecule has 0 unspecified atom stereocenters. The molecule has 0 aliphatic carbocycles. The van der Waals surface area contributed by atoms with E-state index >= 15 is 0 Å². The van der Waals surface area contributed by atoms with E-state index in [9.17, 15) is 4.79 Å². The topological polar surface area (TPSA) is 26.3 Å². The summed E-state index contributed by atoms with van der Waals surface area (Å²) < 4.78 is 6.33. The Bertz CT molecular complexity index is 211. The Labute approximate surface area is 86.5 Å². The van der Waals surface area contributed by atoms with Crippen molar-refractivity contribution in [1.82, 2.24) is 0 Å². The van der Waals surface area contributed by atoms with E-state index in [1.54, 1.807) is 0 Å². The lowest BCUT2D eigenvalue weighted by molar-refractivity contribution is -0.140. The highest BCUT2D eigenvalue weighted by Crippen LogP contribution is 2.30. The van der Waals surface area contributed by atoms with Gasteiger partial charge in [0.1, 0.15) is 6.10 Å². The molecule has 2 nitrogen and oxygen atoms in total. The Kier molecular flexibility index (Phi) is 3.55. The van der Waals surface area contributed by atoms with Gasteiger partial charge in [0.15, 0.2) is 0 Å². The molecule has 0 saturated carbocycles. The van der Waals surface area contributed by atoms with Crippen molar-refractivity contribution in [2.75, 3.05) is 0 Å². The summed E-state index contributed by atoms with van der Waals surface area (Å²) in [6.45, 7) is 4.14. The van der Waals surface area contributed by atoms with E-state index < -0.39 is 0 Å². The molecule has 1 heterocycles. The molecule has 3 heteroatoms. The second-order valence-electron chi connectivity index (χ2n) is 3.09. The van der Waals surface area contributed by atoms with Crippen LogP contribution in [0.15, 0.2) is 9.66 Å². The van der Waals surface area contributed by atoms with Crippen LogP contribution in [0.2, 0.25) is 0 Å². The van der Waals surface area contributed by atoms with Crippen LogP contribution in [0.1, 0.15) is 26.7 Å². The Morgan fingerprint density at radius 1 is 1.83 bits per heavy atom. The highest BCUT2D eigenvalue weighted by atomic mass is 127. The molecule has 1 saturated heterocycles. The van der Waals surface area contributed by atoms with Gasteiger partial charge >= 0.3 is 5.97 Å². The van der Waals surface area contributed by atoms with Crippen LogP contribution in [0.5, 0.6) is 0 Å². The van der Waals surface area contributed by atoms with E-state index in [0.717, 1.165) is 10.0 Å². The third kappa shape index (κ3) is 2.21. The van der Waals surface area contributed by atoms with Crippen LogP contribution in [-0.2, 0) is 9.53 Å². The van der Waals surface area contributed by atoms with Crippen molar-refractivity contribution in [3.05, 3.63) is 9.66 Å². The zero-order chi connectivity index (χ0) is 9.14. The van der Waals surface area contributed by atoms with Crippen molar-refractivity contribution in [2.24, 2.45) is 5.92 Å². The lowest BCUT2D eigenvalue weighted by Crippen LogP contribution is -2.13. The molecule has 68 valence electrons. The molecule has 0 aromatic heterocycles. The Morgan fingerprint density at radius 2 is 2.50 bits per heavy atom. The first-order chi connectivity index (χ1) is 5.65. The molecular formula is C9H13IO2. The Balaban J connectivity index is 2.63. The number of ether oxygens (including phenoxy) is 1. The Hall–Kier alpha value is -0.0600. The van der Waals surface area contributed by atoms with Crippen molar-refractivity contribution in [3.8, 4) is 0 Å². The summed E-state index contributed by atoms with van der Waals surface area (Å²) in [4.78, 5) is 10.9. The SMILES string of the molecule is CC/C=C(\I)[C@H]1OC(=O)C[C@H]1C. The zero-order valence-corrected chi connectivity index (χ0v) is 9.50. The number of halogens is 1. The molecule has 1 aliphatic heterocycles. The number of hydrogen-bond acceptors (Lipinski definition) is 2. The largest absolute Gasteiger partial charge is 0.457 e. The number of cyclic esters (lactones) is 1. The summed E-state index contributed by atoms with van der Waals surface area (Å²) in [5.74, 6) is 0.276. The normalized spacial score (nSPS) is 30.6. The smallest absolute Gasteiger partial charge is 0.306 e. The second-order valence-corrected chi connectivity index (χ2v) is 4.33. The standard InChI is InChI=1S/C9H13IO2/c1-3-4-7(10)9-6(2)5-8(11)12-9/h4,6,9H,3,5H2,1-2H3/b7-4-/t6-,9+/m1/s1. The van der Waals surface area contributed by atoms with Crippen LogP contribution in [0.3, 0.4) is 0 Å². The first-order valence-electron chi connectivity index (χ1n) is 4.20. The fraction of sp³-hybridized carbons (Fsp3) is 0.667. The monoisotopic (exact) mass is 280 g/mol. The highest BCUT2D eigenvalue weighted by Gasteiger charge is 2.32. The average Bonchev–Trinajstić information content (AvgIpc) is 2.30. The number of carbonyl (C=O) groups excluding carboxylic acids is 1. The highest BCUT2D eigenvalue weighted by molar-refractivity contribution is 14.1. The van der Waals surface area contributed by atoms with Gasteiger partial charge < -0.3 is 4.74 Å². The van der Waals surface area contributed by atoms with Gasteiger partial charge in [0.25, 0.3) is 0 Å². The Morgan fingerprint density at radius 3 is 2.92 bits per heavy atom. The third-order valence-corrected chi connectivity index (χ3v) is 2.99. The number of rotatable bonds is 2. The molecule has 0 amide bonds. The minimum atomic E-state index is -0.0637. The van der Waals surface area contributed by atoms with E-state index in [-0.39, 0.29) is 12.1 Å². The van der Waals surface area contributed by atoms with Gasteiger partial charge in [0.05, 0.1) is 6.42 Å². The van der Waals surface area contributed by atoms with Crippen LogP contribution >= 0.6 is 22.6 Å².